The minimum atomic E-state index is -0.261. The van der Waals surface area contributed by atoms with E-state index in [1.807, 2.05) is 24.0 Å². The van der Waals surface area contributed by atoms with Crippen LogP contribution in [-0.4, -0.2) is 57.1 Å². The van der Waals surface area contributed by atoms with Crippen molar-refractivity contribution in [3.05, 3.63) is 29.6 Å². The molecule has 2 fully saturated rings. The molecule has 2 aliphatic rings. The Hall–Kier alpha value is -1.13. The lowest BCUT2D eigenvalue weighted by atomic mass is 9.67. The van der Waals surface area contributed by atoms with Gasteiger partial charge in [0.1, 0.15) is 5.82 Å². The van der Waals surface area contributed by atoms with Gasteiger partial charge >= 0.3 is 0 Å². The minimum Gasteiger partial charge on any atom is -0.393 e. The Morgan fingerprint density at radius 3 is 2.61 bits per heavy atom. The molecular weight excluding hydrogens is 510 g/mol. The van der Waals surface area contributed by atoms with Gasteiger partial charge in [0, 0.05) is 39.9 Å². The number of halogens is 2. The first kappa shape index (κ1) is 26.1. The maximum atomic E-state index is 14.7. The number of ether oxygens (including phenoxy) is 1. The number of methoxy groups -OCH3 is 1. The van der Waals surface area contributed by atoms with Crippen molar-refractivity contribution in [1.82, 2.24) is 10.6 Å². The maximum absolute atomic E-state index is 14.7. The third kappa shape index (κ3) is 7.46. The topological polar surface area (TPSA) is 69.1 Å². The molecule has 31 heavy (non-hydrogen) atoms. The fraction of sp³-hybridized carbons (Fsp3) is 0.696. The van der Waals surface area contributed by atoms with Crippen LogP contribution in [-0.2, 0) is 11.3 Å². The predicted molar refractivity (Wildman–Crippen MR) is 135 cm³/mol. The molecule has 0 radical (unpaired) electrons. The molecule has 0 atom stereocenters. The van der Waals surface area contributed by atoms with Crippen molar-refractivity contribution in [2.24, 2.45) is 10.4 Å². The summed E-state index contributed by atoms with van der Waals surface area (Å²) >= 11 is 0. The molecule has 176 valence electrons. The summed E-state index contributed by atoms with van der Waals surface area (Å²) in [6.45, 7) is 6.31. The van der Waals surface area contributed by atoms with Gasteiger partial charge in [-0.1, -0.05) is 12.5 Å². The van der Waals surface area contributed by atoms with Gasteiger partial charge in [-0.2, -0.15) is 0 Å². The number of benzene rings is 1. The largest absolute Gasteiger partial charge is 0.393 e. The van der Waals surface area contributed by atoms with Gasteiger partial charge in [-0.15, -0.1) is 24.0 Å². The lowest BCUT2D eigenvalue weighted by Crippen LogP contribution is -2.46. The van der Waals surface area contributed by atoms with Gasteiger partial charge in [0.15, 0.2) is 5.96 Å². The van der Waals surface area contributed by atoms with Crippen LogP contribution in [0.3, 0.4) is 0 Å². The standard InChI is InChI=1S/C23H37FN4O2.HI/c1-3-25-22(27-17-23(9-4-10-23)11-14-30-2)26-16-18-5-6-21(20(24)15-18)28-12-7-19(29)8-13-28;/h5-6,15,19,29H,3-4,7-14,16-17H2,1-2H3,(H2,25,26,27);1H. The van der Waals surface area contributed by atoms with Gasteiger partial charge in [0.05, 0.1) is 18.3 Å². The molecular formula is C23H38FIN4O2. The highest BCUT2D eigenvalue weighted by atomic mass is 127. The summed E-state index contributed by atoms with van der Waals surface area (Å²) < 4.78 is 20.0. The van der Waals surface area contributed by atoms with Gasteiger partial charge in [-0.3, -0.25) is 0 Å². The van der Waals surface area contributed by atoms with Crippen LogP contribution in [0.2, 0.25) is 0 Å². The summed E-state index contributed by atoms with van der Waals surface area (Å²) in [5.74, 6) is 0.556. The molecule has 1 heterocycles. The number of nitrogens with zero attached hydrogens (tertiary/aromatic N) is 2. The Kier molecular flexibility index (Phi) is 10.8. The zero-order valence-electron chi connectivity index (χ0n) is 18.8. The van der Waals surface area contributed by atoms with Crippen LogP contribution in [0.1, 0.15) is 51.0 Å². The van der Waals surface area contributed by atoms with Crippen molar-refractivity contribution in [3.63, 3.8) is 0 Å². The number of aliphatic hydroxyl groups is 1. The van der Waals surface area contributed by atoms with Crippen molar-refractivity contribution in [2.45, 2.75) is 58.1 Å². The van der Waals surface area contributed by atoms with E-state index in [0.29, 0.717) is 43.6 Å². The van der Waals surface area contributed by atoms with Gasteiger partial charge in [-0.05, 0) is 62.1 Å². The molecule has 1 aromatic carbocycles. The number of nitrogens with one attached hydrogen (secondary N) is 2. The molecule has 1 aromatic rings. The molecule has 1 aliphatic carbocycles. The van der Waals surface area contributed by atoms with E-state index < -0.39 is 0 Å². The minimum absolute atomic E-state index is 0. The summed E-state index contributed by atoms with van der Waals surface area (Å²) in [6, 6.07) is 5.37. The Balaban J connectivity index is 0.00000341. The molecule has 8 heteroatoms. The normalized spacial score (nSPS) is 18.8. The van der Waals surface area contributed by atoms with Crippen LogP contribution in [0.5, 0.6) is 0 Å². The molecule has 3 N–H and O–H groups in total. The van der Waals surface area contributed by atoms with Crippen LogP contribution in [0, 0.1) is 11.2 Å². The number of piperidine rings is 1. The highest BCUT2D eigenvalue weighted by Crippen LogP contribution is 2.43. The van der Waals surface area contributed by atoms with E-state index in [2.05, 4.69) is 15.6 Å². The Labute approximate surface area is 203 Å². The first-order valence-corrected chi connectivity index (χ1v) is 11.3. The molecule has 3 rings (SSSR count). The molecule has 1 saturated carbocycles. The number of guanidine groups is 1. The fourth-order valence-electron chi connectivity index (χ4n) is 4.31. The zero-order valence-corrected chi connectivity index (χ0v) is 21.2. The summed E-state index contributed by atoms with van der Waals surface area (Å²) in [4.78, 5) is 6.68. The van der Waals surface area contributed by atoms with Crippen LogP contribution >= 0.6 is 24.0 Å². The quantitative estimate of drug-likeness (QED) is 0.250. The Bertz CT molecular complexity index is 707. The van der Waals surface area contributed by atoms with Crippen molar-refractivity contribution in [3.8, 4) is 0 Å². The summed E-state index contributed by atoms with van der Waals surface area (Å²) in [7, 11) is 1.75. The molecule has 1 saturated heterocycles. The average Bonchev–Trinajstić information content (AvgIpc) is 2.72. The first-order chi connectivity index (χ1) is 14.5. The van der Waals surface area contributed by atoms with E-state index >= 15 is 0 Å². The Morgan fingerprint density at radius 2 is 2.03 bits per heavy atom. The van der Waals surface area contributed by atoms with Crippen LogP contribution in [0.4, 0.5) is 10.1 Å². The van der Waals surface area contributed by atoms with Crippen molar-refractivity contribution >= 4 is 35.6 Å². The van der Waals surface area contributed by atoms with Gasteiger partial charge < -0.3 is 25.4 Å². The maximum Gasteiger partial charge on any atom is 0.191 e. The second-order valence-corrected chi connectivity index (χ2v) is 8.65. The second-order valence-electron chi connectivity index (χ2n) is 8.65. The average molecular weight is 548 g/mol. The van der Waals surface area contributed by atoms with E-state index in [9.17, 15) is 9.50 Å². The third-order valence-corrected chi connectivity index (χ3v) is 6.46. The van der Waals surface area contributed by atoms with E-state index in [0.717, 1.165) is 37.6 Å². The molecule has 0 spiro atoms. The van der Waals surface area contributed by atoms with Crippen LogP contribution < -0.4 is 15.5 Å². The number of aliphatic hydroxyl groups excluding tert-OH is 1. The fourth-order valence-corrected chi connectivity index (χ4v) is 4.31. The number of rotatable bonds is 9. The zero-order chi connectivity index (χ0) is 21.4. The molecule has 6 nitrogen and oxygen atoms in total. The summed E-state index contributed by atoms with van der Waals surface area (Å²) in [6.07, 6.45) is 5.91. The van der Waals surface area contributed by atoms with Gasteiger partial charge in [0.2, 0.25) is 0 Å². The van der Waals surface area contributed by atoms with Crippen LogP contribution in [0.25, 0.3) is 0 Å². The number of hydrogen-bond donors (Lipinski definition) is 3. The van der Waals surface area contributed by atoms with Gasteiger partial charge in [0.25, 0.3) is 0 Å². The number of aliphatic imine (C=N–C) groups is 1. The number of anilines is 1. The van der Waals surface area contributed by atoms with Gasteiger partial charge in [-0.25, -0.2) is 9.38 Å². The number of hydrogen-bond acceptors (Lipinski definition) is 4. The first-order valence-electron chi connectivity index (χ1n) is 11.3. The van der Waals surface area contributed by atoms with E-state index in [1.165, 1.54) is 19.3 Å². The van der Waals surface area contributed by atoms with E-state index in [1.54, 1.807) is 13.2 Å². The van der Waals surface area contributed by atoms with E-state index in [-0.39, 0.29) is 35.9 Å². The molecule has 0 unspecified atom stereocenters. The van der Waals surface area contributed by atoms with Crippen molar-refractivity contribution in [1.29, 1.82) is 0 Å². The monoisotopic (exact) mass is 548 g/mol. The smallest absolute Gasteiger partial charge is 0.191 e. The SMILES string of the molecule is CCNC(=NCc1ccc(N2CCC(O)CC2)c(F)c1)NCC1(CCOC)CCC1.I. The summed E-state index contributed by atoms with van der Waals surface area (Å²) in [5, 5.41) is 16.4. The van der Waals surface area contributed by atoms with E-state index in [4.69, 9.17) is 4.74 Å². The summed E-state index contributed by atoms with van der Waals surface area (Å²) in [5.41, 5.74) is 1.77. The lowest BCUT2D eigenvalue weighted by Gasteiger charge is -2.42. The second kappa shape index (κ2) is 12.8. The molecule has 1 aliphatic heterocycles. The molecule has 0 amide bonds. The molecule has 0 aromatic heterocycles. The van der Waals surface area contributed by atoms with Crippen LogP contribution in [0.15, 0.2) is 23.2 Å². The van der Waals surface area contributed by atoms with Crippen molar-refractivity contribution < 1.29 is 14.2 Å². The van der Waals surface area contributed by atoms with Crippen molar-refractivity contribution in [2.75, 3.05) is 44.8 Å². The highest BCUT2D eigenvalue weighted by Gasteiger charge is 2.36. The lowest BCUT2D eigenvalue weighted by molar-refractivity contribution is 0.0732. The highest BCUT2D eigenvalue weighted by molar-refractivity contribution is 14.0. The Morgan fingerprint density at radius 1 is 1.29 bits per heavy atom. The third-order valence-electron chi connectivity index (χ3n) is 6.46. The predicted octanol–water partition coefficient (Wildman–Crippen LogP) is 3.67. The molecule has 0 bridgehead atoms.